The van der Waals surface area contributed by atoms with Crippen LogP contribution in [0.1, 0.15) is 12.0 Å². The van der Waals surface area contributed by atoms with Gasteiger partial charge in [-0.3, -0.25) is 4.79 Å². The molecule has 1 aromatic rings. The van der Waals surface area contributed by atoms with Crippen molar-refractivity contribution in [1.29, 1.82) is 0 Å². The summed E-state index contributed by atoms with van der Waals surface area (Å²) in [7, 11) is 3.99. The summed E-state index contributed by atoms with van der Waals surface area (Å²) < 4.78 is 5.58. The van der Waals surface area contributed by atoms with Gasteiger partial charge in [0.05, 0.1) is 0 Å². The molecule has 0 aliphatic rings. The predicted molar refractivity (Wildman–Crippen MR) is 66.4 cm³/mol. The van der Waals surface area contributed by atoms with E-state index in [1.54, 1.807) is 0 Å². The fourth-order valence-electron chi connectivity index (χ4n) is 1.39. The number of nitrogens with zero attached hydrogens (tertiary/aromatic N) is 1. The van der Waals surface area contributed by atoms with Gasteiger partial charge in [-0.1, -0.05) is 12.1 Å². The van der Waals surface area contributed by atoms with Crippen LogP contribution in [0.5, 0.6) is 5.75 Å². The Morgan fingerprint density at radius 1 is 1.41 bits per heavy atom. The summed E-state index contributed by atoms with van der Waals surface area (Å²) in [5.41, 5.74) is 0.995. The molecule has 1 rings (SSSR count). The number of rotatable bonds is 7. The summed E-state index contributed by atoms with van der Waals surface area (Å²) in [4.78, 5) is 12.5. The fraction of sp³-hybridized carbons (Fsp3) is 0.462. The monoisotopic (exact) mass is 237 g/mol. The molecule has 0 heterocycles. The molecule has 1 N–H and O–H groups in total. The Hall–Kier alpha value is -1.55. The molecule has 0 bridgehead atoms. The van der Waals surface area contributed by atoms with Crippen LogP contribution < -0.4 is 4.74 Å². The van der Waals surface area contributed by atoms with Crippen molar-refractivity contribution < 1.29 is 14.6 Å². The number of hydrogen-bond acceptors (Lipinski definition) is 3. The molecule has 0 atom stereocenters. The third kappa shape index (κ3) is 5.92. The molecule has 0 aliphatic heterocycles. The lowest BCUT2D eigenvalue weighted by molar-refractivity contribution is -0.136. The molecule has 0 amide bonds. The number of aryl methyl sites for hydroxylation is 1. The Morgan fingerprint density at radius 3 is 2.82 bits per heavy atom. The second-order valence-electron chi connectivity index (χ2n) is 4.19. The van der Waals surface area contributed by atoms with Crippen LogP contribution in [-0.4, -0.2) is 43.2 Å². The van der Waals surface area contributed by atoms with E-state index in [2.05, 4.69) is 0 Å². The summed E-state index contributed by atoms with van der Waals surface area (Å²) in [6, 6.07) is 7.60. The molecule has 4 nitrogen and oxygen atoms in total. The van der Waals surface area contributed by atoms with Gasteiger partial charge >= 0.3 is 5.97 Å². The van der Waals surface area contributed by atoms with E-state index in [1.165, 1.54) is 0 Å². The molecule has 0 fully saturated rings. The molecule has 0 radical (unpaired) electrons. The normalized spacial score (nSPS) is 10.5. The molecule has 4 heteroatoms. The molecule has 0 saturated heterocycles. The van der Waals surface area contributed by atoms with Crippen molar-refractivity contribution >= 4 is 5.97 Å². The molecular weight excluding hydrogens is 218 g/mol. The number of carbonyl (C=O) groups is 1. The van der Waals surface area contributed by atoms with Crippen LogP contribution in [0.25, 0.3) is 0 Å². The Bertz CT molecular complexity index is 363. The molecule has 17 heavy (non-hydrogen) atoms. The number of hydrogen-bond donors (Lipinski definition) is 1. The first kappa shape index (κ1) is 13.5. The molecule has 1 aromatic carbocycles. The van der Waals surface area contributed by atoms with Gasteiger partial charge in [0.25, 0.3) is 0 Å². The SMILES string of the molecule is CN(C)CCOc1cccc(CCC(=O)O)c1. The molecule has 0 aromatic heterocycles. The van der Waals surface area contributed by atoms with Gasteiger partial charge in [-0.05, 0) is 38.2 Å². The van der Waals surface area contributed by atoms with E-state index in [1.807, 2.05) is 43.3 Å². The Morgan fingerprint density at radius 2 is 2.18 bits per heavy atom. The number of aliphatic carboxylic acids is 1. The second kappa shape index (κ2) is 6.91. The Kier molecular flexibility index (Phi) is 5.49. The maximum atomic E-state index is 10.5. The van der Waals surface area contributed by atoms with Crippen molar-refractivity contribution in [3.05, 3.63) is 29.8 Å². The highest BCUT2D eigenvalue weighted by molar-refractivity contribution is 5.67. The lowest BCUT2D eigenvalue weighted by Gasteiger charge is -2.11. The maximum Gasteiger partial charge on any atom is 0.303 e. The zero-order valence-corrected chi connectivity index (χ0v) is 10.3. The summed E-state index contributed by atoms with van der Waals surface area (Å²) in [6.45, 7) is 1.49. The predicted octanol–water partition coefficient (Wildman–Crippen LogP) is 1.64. The first-order valence-corrected chi connectivity index (χ1v) is 5.66. The van der Waals surface area contributed by atoms with Crippen LogP contribution in [0.3, 0.4) is 0 Å². The lowest BCUT2D eigenvalue weighted by atomic mass is 10.1. The minimum absolute atomic E-state index is 0.154. The lowest BCUT2D eigenvalue weighted by Crippen LogP contribution is -2.19. The number of benzene rings is 1. The molecule has 0 unspecified atom stereocenters. The molecule has 0 spiro atoms. The minimum Gasteiger partial charge on any atom is -0.492 e. The number of carboxylic acid groups (broad SMARTS) is 1. The van der Waals surface area contributed by atoms with Crippen LogP contribution in [-0.2, 0) is 11.2 Å². The average Bonchev–Trinajstić information content (AvgIpc) is 2.26. The van der Waals surface area contributed by atoms with E-state index in [4.69, 9.17) is 9.84 Å². The Balaban J connectivity index is 2.45. The highest BCUT2D eigenvalue weighted by atomic mass is 16.5. The van der Waals surface area contributed by atoms with E-state index < -0.39 is 5.97 Å². The maximum absolute atomic E-state index is 10.5. The van der Waals surface area contributed by atoms with Crippen LogP contribution in [0.4, 0.5) is 0 Å². The van der Waals surface area contributed by atoms with Crippen molar-refractivity contribution in [2.75, 3.05) is 27.2 Å². The van der Waals surface area contributed by atoms with Gasteiger partial charge in [0.1, 0.15) is 12.4 Å². The Labute approximate surface area is 102 Å². The highest BCUT2D eigenvalue weighted by Crippen LogP contribution is 2.14. The quantitative estimate of drug-likeness (QED) is 0.783. The summed E-state index contributed by atoms with van der Waals surface area (Å²) in [6.07, 6.45) is 0.696. The van der Waals surface area contributed by atoms with Gasteiger partial charge in [0.2, 0.25) is 0 Å². The van der Waals surface area contributed by atoms with Gasteiger partial charge in [0.15, 0.2) is 0 Å². The van der Waals surface area contributed by atoms with Gasteiger partial charge < -0.3 is 14.7 Å². The van der Waals surface area contributed by atoms with Crippen molar-refractivity contribution in [3.63, 3.8) is 0 Å². The number of ether oxygens (including phenoxy) is 1. The van der Waals surface area contributed by atoms with Crippen molar-refractivity contribution in [1.82, 2.24) is 4.90 Å². The highest BCUT2D eigenvalue weighted by Gasteiger charge is 2.01. The van der Waals surface area contributed by atoms with Gasteiger partial charge in [-0.25, -0.2) is 0 Å². The third-order valence-electron chi connectivity index (χ3n) is 2.33. The van der Waals surface area contributed by atoms with Gasteiger partial charge in [-0.2, -0.15) is 0 Å². The van der Waals surface area contributed by atoms with Crippen LogP contribution in [0.15, 0.2) is 24.3 Å². The standard InChI is InChI=1S/C13H19NO3/c1-14(2)8-9-17-12-5-3-4-11(10-12)6-7-13(15)16/h3-5,10H,6-9H2,1-2H3,(H,15,16). The van der Waals surface area contributed by atoms with E-state index >= 15 is 0 Å². The van der Waals surface area contributed by atoms with Crippen molar-refractivity contribution in [2.45, 2.75) is 12.8 Å². The number of likely N-dealkylation sites (N-methyl/N-ethyl adjacent to an activating group) is 1. The zero-order chi connectivity index (χ0) is 12.7. The van der Waals surface area contributed by atoms with Crippen LogP contribution in [0, 0.1) is 0 Å². The molecule has 0 aliphatic carbocycles. The molecule has 94 valence electrons. The molecular formula is C13H19NO3. The molecule has 0 saturated carbocycles. The van der Waals surface area contributed by atoms with Crippen LogP contribution >= 0.6 is 0 Å². The number of carboxylic acids is 1. The third-order valence-corrected chi connectivity index (χ3v) is 2.33. The fourth-order valence-corrected chi connectivity index (χ4v) is 1.39. The van der Waals surface area contributed by atoms with E-state index in [0.29, 0.717) is 13.0 Å². The first-order chi connectivity index (χ1) is 8.08. The first-order valence-electron chi connectivity index (χ1n) is 5.66. The largest absolute Gasteiger partial charge is 0.492 e. The smallest absolute Gasteiger partial charge is 0.303 e. The van der Waals surface area contributed by atoms with Crippen molar-refractivity contribution in [2.24, 2.45) is 0 Å². The van der Waals surface area contributed by atoms with Crippen LogP contribution in [0.2, 0.25) is 0 Å². The van der Waals surface area contributed by atoms with E-state index in [0.717, 1.165) is 17.9 Å². The summed E-state index contributed by atoms with van der Waals surface area (Å²) >= 11 is 0. The van der Waals surface area contributed by atoms with Gasteiger partial charge in [0, 0.05) is 13.0 Å². The summed E-state index contributed by atoms with van der Waals surface area (Å²) in [5.74, 6) is 0.0265. The topological polar surface area (TPSA) is 49.8 Å². The summed E-state index contributed by atoms with van der Waals surface area (Å²) in [5, 5.41) is 8.61. The van der Waals surface area contributed by atoms with Crippen molar-refractivity contribution in [3.8, 4) is 5.75 Å². The second-order valence-corrected chi connectivity index (χ2v) is 4.19. The average molecular weight is 237 g/mol. The van der Waals surface area contributed by atoms with E-state index in [9.17, 15) is 4.79 Å². The minimum atomic E-state index is -0.774. The zero-order valence-electron chi connectivity index (χ0n) is 10.3. The van der Waals surface area contributed by atoms with E-state index in [-0.39, 0.29) is 6.42 Å². The van der Waals surface area contributed by atoms with Gasteiger partial charge in [-0.15, -0.1) is 0 Å².